The molecule has 0 spiro atoms. The number of hydrogen-bond donors (Lipinski definition) is 0. The third-order valence-electron chi connectivity index (χ3n) is 1.22. The second-order valence-electron chi connectivity index (χ2n) is 1.91. The summed E-state index contributed by atoms with van der Waals surface area (Å²) < 4.78 is 1.53. The molecule has 10 heavy (non-hydrogen) atoms. The molecule has 0 saturated heterocycles. The highest BCUT2D eigenvalue weighted by atomic mass is 16.3. The SMILES string of the molecule is C/C=C(\[O-])[n+]1ccccc1. The van der Waals surface area contributed by atoms with Crippen molar-refractivity contribution < 1.29 is 9.67 Å². The molecule has 0 saturated carbocycles. The summed E-state index contributed by atoms with van der Waals surface area (Å²) in [6.45, 7) is 1.72. The van der Waals surface area contributed by atoms with Gasteiger partial charge in [-0.2, -0.15) is 4.57 Å². The topological polar surface area (TPSA) is 26.9 Å². The molecule has 0 atom stereocenters. The lowest BCUT2D eigenvalue weighted by atomic mass is 10.5. The zero-order valence-corrected chi connectivity index (χ0v) is 5.82. The Morgan fingerprint density at radius 2 is 1.90 bits per heavy atom. The molecule has 1 heterocycles. The van der Waals surface area contributed by atoms with Crippen molar-refractivity contribution in [2.45, 2.75) is 6.92 Å². The third-order valence-corrected chi connectivity index (χ3v) is 1.22. The third kappa shape index (κ3) is 1.35. The molecule has 52 valence electrons. The first-order chi connectivity index (χ1) is 4.84. The normalized spacial score (nSPS) is 11.5. The van der Waals surface area contributed by atoms with Gasteiger partial charge in [0.05, 0.1) is 0 Å². The lowest BCUT2D eigenvalue weighted by Crippen LogP contribution is -2.37. The van der Waals surface area contributed by atoms with Gasteiger partial charge < -0.3 is 5.11 Å². The van der Waals surface area contributed by atoms with Crippen LogP contribution in [0.1, 0.15) is 6.92 Å². The lowest BCUT2D eigenvalue weighted by molar-refractivity contribution is -0.652. The molecule has 1 rings (SSSR count). The molecule has 0 aliphatic carbocycles. The van der Waals surface area contributed by atoms with E-state index in [1.54, 1.807) is 19.3 Å². The minimum Gasteiger partial charge on any atom is -0.823 e. The maximum Gasteiger partial charge on any atom is 0.173 e. The second kappa shape index (κ2) is 3.01. The summed E-state index contributed by atoms with van der Waals surface area (Å²) in [5, 5.41) is 10.9. The Balaban J connectivity index is 2.96. The van der Waals surface area contributed by atoms with Crippen molar-refractivity contribution in [3.63, 3.8) is 0 Å². The molecule has 0 N–H and O–H groups in total. The highest BCUT2D eigenvalue weighted by Gasteiger charge is 1.91. The first-order valence-corrected chi connectivity index (χ1v) is 3.14. The van der Waals surface area contributed by atoms with E-state index in [9.17, 15) is 5.11 Å². The first kappa shape index (κ1) is 6.81. The van der Waals surface area contributed by atoms with Crippen LogP contribution in [0.25, 0.3) is 5.88 Å². The summed E-state index contributed by atoms with van der Waals surface area (Å²) in [6.07, 6.45) is 4.98. The largest absolute Gasteiger partial charge is 0.823 e. The fourth-order valence-corrected chi connectivity index (χ4v) is 0.695. The van der Waals surface area contributed by atoms with E-state index in [4.69, 9.17) is 0 Å². The minimum absolute atomic E-state index is 0.000556. The average Bonchev–Trinajstić information content (AvgIpc) is 2.05. The van der Waals surface area contributed by atoms with Crippen LogP contribution >= 0.6 is 0 Å². The molecule has 0 amide bonds. The predicted octanol–water partition coefficient (Wildman–Crippen LogP) is 0.153. The maximum absolute atomic E-state index is 10.9. The Morgan fingerprint density at radius 3 is 2.40 bits per heavy atom. The van der Waals surface area contributed by atoms with Crippen molar-refractivity contribution in [2.24, 2.45) is 0 Å². The van der Waals surface area contributed by atoms with Gasteiger partial charge in [0, 0.05) is 12.1 Å². The van der Waals surface area contributed by atoms with Crippen LogP contribution in [0, 0.1) is 0 Å². The molecule has 0 aliphatic heterocycles. The predicted molar refractivity (Wildman–Crippen MR) is 36.6 cm³/mol. The minimum atomic E-state index is 0.000556. The van der Waals surface area contributed by atoms with E-state index < -0.39 is 0 Å². The van der Waals surface area contributed by atoms with E-state index >= 15 is 0 Å². The van der Waals surface area contributed by atoms with Crippen LogP contribution in [0.2, 0.25) is 0 Å². The Morgan fingerprint density at radius 1 is 1.30 bits per heavy atom. The number of allylic oxidation sites excluding steroid dienone is 1. The molecule has 2 nitrogen and oxygen atoms in total. The van der Waals surface area contributed by atoms with Crippen LogP contribution < -0.4 is 9.67 Å². The molecule has 1 aromatic rings. The monoisotopic (exact) mass is 135 g/mol. The summed E-state index contributed by atoms with van der Waals surface area (Å²) >= 11 is 0. The number of rotatable bonds is 1. The second-order valence-corrected chi connectivity index (χ2v) is 1.91. The zero-order valence-electron chi connectivity index (χ0n) is 5.82. The molecule has 0 aromatic carbocycles. The van der Waals surface area contributed by atoms with E-state index in [2.05, 4.69) is 0 Å². The molecule has 2 heteroatoms. The van der Waals surface area contributed by atoms with Crippen LogP contribution in [0.15, 0.2) is 36.7 Å². The van der Waals surface area contributed by atoms with Gasteiger partial charge in [0.1, 0.15) is 5.88 Å². The summed E-state index contributed by atoms with van der Waals surface area (Å²) in [7, 11) is 0. The summed E-state index contributed by atoms with van der Waals surface area (Å²) in [6, 6.07) is 5.52. The van der Waals surface area contributed by atoms with Crippen LogP contribution in [-0.2, 0) is 0 Å². The van der Waals surface area contributed by atoms with Crippen LogP contribution in [0.5, 0.6) is 0 Å². The quantitative estimate of drug-likeness (QED) is 0.398. The van der Waals surface area contributed by atoms with E-state index in [1.807, 2.05) is 18.2 Å². The van der Waals surface area contributed by atoms with Gasteiger partial charge in [0.2, 0.25) is 0 Å². The van der Waals surface area contributed by atoms with E-state index in [0.29, 0.717) is 0 Å². The fourth-order valence-electron chi connectivity index (χ4n) is 0.695. The molecular formula is C8H9NO. The van der Waals surface area contributed by atoms with E-state index in [0.717, 1.165) is 0 Å². The van der Waals surface area contributed by atoms with Gasteiger partial charge >= 0.3 is 0 Å². The van der Waals surface area contributed by atoms with Crippen LogP contribution in [0.3, 0.4) is 0 Å². The number of nitrogens with zero attached hydrogens (tertiary/aromatic N) is 1. The molecular weight excluding hydrogens is 126 g/mol. The number of pyridine rings is 1. The van der Waals surface area contributed by atoms with Crippen LogP contribution in [-0.4, -0.2) is 0 Å². The van der Waals surface area contributed by atoms with E-state index in [1.165, 1.54) is 10.6 Å². The maximum atomic E-state index is 10.9. The van der Waals surface area contributed by atoms with Gasteiger partial charge in [-0.1, -0.05) is 6.07 Å². The Labute approximate surface area is 60.1 Å². The molecule has 0 aliphatic rings. The van der Waals surface area contributed by atoms with Gasteiger partial charge in [-0.05, 0) is 13.0 Å². The van der Waals surface area contributed by atoms with Crippen molar-refractivity contribution in [3.05, 3.63) is 36.7 Å². The standard InChI is InChI=1S/C8H9NO/c1-2-8(10)9-6-4-3-5-7-9/h2-7H,1H3/b8-2-. The van der Waals surface area contributed by atoms with Gasteiger partial charge in [-0.3, -0.25) is 0 Å². The Kier molecular flexibility index (Phi) is 2.05. The average molecular weight is 135 g/mol. The summed E-state index contributed by atoms with van der Waals surface area (Å²) in [5.41, 5.74) is 0. The van der Waals surface area contributed by atoms with E-state index in [-0.39, 0.29) is 5.88 Å². The van der Waals surface area contributed by atoms with Crippen molar-refractivity contribution in [1.82, 2.24) is 0 Å². The number of hydrogen-bond acceptors (Lipinski definition) is 1. The Hall–Kier alpha value is -1.31. The van der Waals surface area contributed by atoms with Crippen LogP contribution in [0.4, 0.5) is 0 Å². The van der Waals surface area contributed by atoms with Crippen molar-refractivity contribution in [2.75, 3.05) is 0 Å². The fraction of sp³-hybridized carbons (Fsp3) is 0.125. The molecule has 0 fully saturated rings. The Bertz CT molecular complexity index is 228. The van der Waals surface area contributed by atoms with Gasteiger partial charge in [-0.25, -0.2) is 0 Å². The van der Waals surface area contributed by atoms with Gasteiger partial charge in [-0.15, -0.1) is 0 Å². The molecule has 0 unspecified atom stereocenters. The number of aromatic nitrogens is 1. The van der Waals surface area contributed by atoms with Gasteiger partial charge in [0.25, 0.3) is 0 Å². The van der Waals surface area contributed by atoms with Crippen molar-refractivity contribution in [1.29, 1.82) is 0 Å². The molecule has 0 bridgehead atoms. The summed E-state index contributed by atoms with van der Waals surface area (Å²) in [5.74, 6) is 0.000556. The van der Waals surface area contributed by atoms with Gasteiger partial charge in [0.15, 0.2) is 12.4 Å². The van der Waals surface area contributed by atoms with Crippen molar-refractivity contribution >= 4 is 5.88 Å². The smallest absolute Gasteiger partial charge is 0.173 e. The highest BCUT2D eigenvalue weighted by molar-refractivity contribution is 5.15. The molecule has 0 radical (unpaired) electrons. The van der Waals surface area contributed by atoms with Crippen molar-refractivity contribution in [3.8, 4) is 0 Å². The zero-order chi connectivity index (χ0) is 7.40. The molecule has 1 aromatic heterocycles. The first-order valence-electron chi connectivity index (χ1n) is 3.14. The highest BCUT2D eigenvalue weighted by Crippen LogP contribution is 1.81. The lowest BCUT2D eigenvalue weighted by Gasteiger charge is -2.01. The summed E-state index contributed by atoms with van der Waals surface area (Å²) in [4.78, 5) is 0.